The molecule has 0 unspecified atom stereocenters. The van der Waals surface area contributed by atoms with Crippen molar-refractivity contribution in [3.63, 3.8) is 0 Å². The van der Waals surface area contributed by atoms with Gasteiger partial charge < -0.3 is 25.7 Å². The number of methoxy groups -OCH3 is 1. The molecular formula is C21H24N4O3. The van der Waals surface area contributed by atoms with Crippen LogP contribution in [0.1, 0.15) is 15.9 Å². The van der Waals surface area contributed by atoms with Gasteiger partial charge in [-0.05, 0) is 36.2 Å². The summed E-state index contributed by atoms with van der Waals surface area (Å²) in [6.45, 7) is 0. The molecule has 28 heavy (non-hydrogen) atoms. The average molecular weight is 380 g/mol. The highest BCUT2D eigenvalue weighted by Crippen LogP contribution is 2.24. The number of nitrogens with zero attached hydrogens (tertiary/aromatic N) is 1. The van der Waals surface area contributed by atoms with E-state index in [9.17, 15) is 9.59 Å². The third-order valence-corrected chi connectivity index (χ3v) is 4.56. The monoisotopic (exact) mass is 380 g/mol. The molecule has 1 aromatic heterocycles. The van der Waals surface area contributed by atoms with Gasteiger partial charge in [0.05, 0.1) is 18.7 Å². The lowest BCUT2D eigenvalue weighted by molar-refractivity contribution is -0.117. The van der Waals surface area contributed by atoms with Crippen LogP contribution in [0.15, 0.2) is 48.7 Å². The fraction of sp³-hybridized carbons (Fsp3) is 0.238. The van der Waals surface area contributed by atoms with Crippen LogP contribution in [0.2, 0.25) is 0 Å². The van der Waals surface area contributed by atoms with Gasteiger partial charge in [-0.25, -0.2) is 0 Å². The summed E-state index contributed by atoms with van der Waals surface area (Å²) < 4.78 is 5.25. The molecule has 0 saturated carbocycles. The van der Waals surface area contributed by atoms with Crippen molar-refractivity contribution >= 4 is 28.4 Å². The van der Waals surface area contributed by atoms with Gasteiger partial charge in [-0.1, -0.05) is 18.2 Å². The smallest absolute Gasteiger partial charge is 0.257 e. The Bertz CT molecular complexity index is 1010. The van der Waals surface area contributed by atoms with Crippen LogP contribution in [0.25, 0.3) is 10.9 Å². The number of anilines is 1. The molecule has 7 nitrogen and oxygen atoms in total. The molecule has 1 heterocycles. The highest BCUT2D eigenvalue weighted by Gasteiger charge is 2.19. The number of carbonyl (C=O) groups excluding carboxylic acids is 2. The van der Waals surface area contributed by atoms with Crippen molar-refractivity contribution in [2.75, 3.05) is 26.5 Å². The minimum Gasteiger partial charge on any atom is -0.496 e. The van der Waals surface area contributed by atoms with Crippen molar-refractivity contribution in [2.24, 2.45) is 5.73 Å². The maximum absolute atomic E-state index is 12.6. The molecule has 0 spiro atoms. The Kier molecular flexibility index (Phi) is 5.65. The molecule has 1 atom stereocenters. The van der Waals surface area contributed by atoms with E-state index in [-0.39, 0.29) is 11.8 Å². The van der Waals surface area contributed by atoms with Crippen LogP contribution >= 0.6 is 0 Å². The average Bonchev–Trinajstić information content (AvgIpc) is 3.10. The van der Waals surface area contributed by atoms with Gasteiger partial charge in [-0.15, -0.1) is 0 Å². The van der Waals surface area contributed by atoms with Crippen LogP contribution in [-0.4, -0.2) is 48.9 Å². The van der Waals surface area contributed by atoms with E-state index in [1.807, 2.05) is 30.5 Å². The SMILES string of the molecule is COc1ccc(NC(=O)[C@H](N)Cc2c[nH]c3ccccc23)cc1C(=O)N(C)C. The molecule has 0 aliphatic rings. The molecule has 2 amide bonds. The van der Waals surface area contributed by atoms with E-state index in [1.165, 1.54) is 12.0 Å². The maximum Gasteiger partial charge on any atom is 0.257 e. The minimum atomic E-state index is -0.727. The number of hydrogen-bond acceptors (Lipinski definition) is 4. The highest BCUT2D eigenvalue weighted by atomic mass is 16.5. The normalized spacial score (nSPS) is 11.9. The Labute approximate surface area is 163 Å². The van der Waals surface area contributed by atoms with Crippen molar-refractivity contribution in [3.05, 3.63) is 59.8 Å². The topological polar surface area (TPSA) is 100 Å². The predicted molar refractivity (Wildman–Crippen MR) is 110 cm³/mol. The second-order valence-corrected chi connectivity index (χ2v) is 6.77. The van der Waals surface area contributed by atoms with Gasteiger partial charge in [0, 0.05) is 36.9 Å². The molecule has 2 aromatic carbocycles. The number of fused-ring (bicyclic) bond motifs is 1. The Morgan fingerprint density at radius 3 is 2.68 bits per heavy atom. The van der Waals surface area contributed by atoms with E-state index in [1.54, 1.807) is 32.3 Å². The molecule has 7 heteroatoms. The number of hydrogen-bond donors (Lipinski definition) is 3. The molecule has 3 rings (SSSR count). The first-order valence-electron chi connectivity index (χ1n) is 8.92. The van der Waals surface area contributed by atoms with Crippen LogP contribution in [0.4, 0.5) is 5.69 Å². The lowest BCUT2D eigenvalue weighted by atomic mass is 10.0. The zero-order valence-electron chi connectivity index (χ0n) is 16.2. The minimum absolute atomic E-state index is 0.212. The number of aromatic nitrogens is 1. The van der Waals surface area contributed by atoms with Crippen molar-refractivity contribution < 1.29 is 14.3 Å². The second-order valence-electron chi connectivity index (χ2n) is 6.77. The Morgan fingerprint density at radius 1 is 1.21 bits per heavy atom. The number of H-pyrrole nitrogens is 1. The number of amides is 2. The zero-order valence-corrected chi connectivity index (χ0v) is 16.2. The first-order valence-corrected chi connectivity index (χ1v) is 8.92. The molecule has 146 valence electrons. The standard InChI is InChI=1S/C21H24N4O3/c1-25(2)21(27)16-11-14(8-9-19(16)28-3)24-20(26)17(22)10-13-12-23-18-7-5-4-6-15(13)18/h4-9,11-12,17,23H,10,22H2,1-3H3,(H,24,26)/t17-/m1/s1. The lowest BCUT2D eigenvalue weighted by Gasteiger charge is -2.16. The number of aromatic amines is 1. The van der Waals surface area contributed by atoms with E-state index in [0.717, 1.165) is 16.5 Å². The van der Waals surface area contributed by atoms with Crippen molar-refractivity contribution in [1.29, 1.82) is 0 Å². The summed E-state index contributed by atoms with van der Waals surface area (Å²) in [5.41, 5.74) is 8.97. The molecule has 0 bridgehead atoms. The number of ether oxygens (including phenoxy) is 1. The largest absolute Gasteiger partial charge is 0.496 e. The Balaban J connectivity index is 1.75. The van der Waals surface area contributed by atoms with Gasteiger partial charge in [-0.2, -0.15) is 0 Å². The Morgan fingerprint density at radius 2 is 1.96 bits per heavy atom. The number of para-hydroxylation sites is 1. The summed E-state index contributed by atoms with van der Waals surface area (Å²) in [6.07, 6.45) is 2.27. The number of benzene rings is 2. The first-order chi connectivity index (χ1) is 13.4. The van der Waals surface area contributed by atoms with Crippen molar-refractivity contribution in [2.45, 2.75) is 12.5 Å². The Hall–Kier alpha value is -3.32. The van der Waals surface area contributed by atoms with Crippen LogP contribution in [-0.2, 0) is 11.2 Å². The third-order valence-electron chi connectivity index (χ3n) is 4.56. The number of carbonyl (C=O) groups is 2. The fourth-order valence-corrected chi connectivity index (χ4v) is 3.06. The predicted octanol–water partition coefficient (Wildman–Crippen LogP) is 2.39. The summed E-state index contributed by atoms with van der Waals surface area (Å²) in [4.78, 5) is 29.5. The first kappa shape index (κ1) is 19.4. The molecule has 0 aliphatic heterocycles. The van der Waals surface area contributed by atoms with E-state index < -0.39 is 6.04 Å². The molecular weight excluding hydrogens is 356 g/mol. The van der Waals surface area contributed by atoms with E-state index in [4.69, 9.17) is 10.5 Å². The van der Waals surface area contributed by atoms with Gasteiger partial charge in [0.1, 0.15) is 5.75 Å². The van der Waals surface area contributed by atoms with Gasteiger partial charge >= 0.3 is 0 Å². The number of nitrogens with one attached hydrogen (secondary N) is 2. The summed E-state index contributed by atoms with van der Waals surface area (Å²) in [7, 11) is 4.81. The second kappa shape index (κ2) is 8.14. The molecule has 3 aromatic rings. The van der Waals surface area contributed by atoms with Crippen LogP contribution in [0.5, 0.6) is 5.75 Å². The number of nitrogens with two attached hydrogens (primary N) is 1. The van der Waals surface area contributed by atoms with Crippen LogP contribution < -0.4 is 15.8 Å². The van der Waals surface area contributed by atoms with Gasteiger partial charge in [0.15, 0.2) is 0 Å². The number of rotatable bonds is 6. The summed E-state index contributed by atoms with van der Waals surface area (Å²) in [5.74, 6) is -0.0884. The van der Waals surface area contributed by atoms with Gasteiger partial charge in [-0.3, -0.25) is 9.59 Å². The molecule has 4 N–H and O–H groups in total. The van der Waals surface area contributed by atoms with Crippen molar-refractivity contribution in [3.8, 4) is 5.75 Å². The van der Waals surface area contributed by atoms with Gasteiger partial charge in [0.2, 0.25) is 5.91 Å². The zero-order chi connectivity index (χ0) is 20.3. The summed E-state index contributed by atoms with van der Waals surface area (Å²) >= 11 is 0. The van der Waals surface area contributed by atoms with Crippen LogP contribution in [0.3, 0.4) is 0 Å². The maximum atomic E-state index is 12.6. The quantitative estimate of drug-likeness (QED) is 0.611. The fourth-order valence-electron chi connectivity index (χ4n) is 3.06. The molecule has 0 aliphatic carbocycles. The van der Waals surface area contributed by atoms with E-state index in [0.29, 0.717) is 23.4 Å². The summed E-state index contributed by atoms with van der Waals surface area (Å²) in [6, 6.07) is 12.1. The molecule has 0 saturated heterocycles. The summed E-state index contributed by atoms with van der Waals surface area (Å²) in [5, 5.41) is 3.84. The lowest BCUT2D eigenvalue weighted by Crippen LogP contribution is -2.37. The third kappa shape index (κ3) is 3.99. The van der Waals surface area contributed by atoms with Gasteiger partial charge in [0.25, 0.3) is 5.91 Å². The van der Waals surface area contributed by atoms with E-state index in [2.05, 4.69) is 10.3 Å². The molecule has 0 radical (unpaired) electrons. The molecule has 0 fully saturated rings. The van der Waals surface area contributed by atoms with E-state index >= 15 is 0 Å². The van der Waals surface area contributed by atoms with Crippen LogP contribution in [0, 0.1) is 0 Å². The van der Waals surface area contributed by atoms with Crippen molar-refractivity contribution in [1.82, 2.24) is 9.88 Å². The highest BCUT2D eigenvalue weighted by molar-refractivity contribution is 6.00.